The average molecular weight is 426 g/mol. The first-order valence-corrected chi connectivity index (χ1v) is 11.3. The molecule has 0 radical (unpaired) electrons. The largest absolute Gasteiger partial charge is 0.381 e. The van der Waals surface area contributed by atoms with Crippen LogP contribution in [0.25, 0.3) is 21.3 Å². The van der Waals surface area contributed by atoms with Gasteiger partial charge in [0.25, 0.3) is 5.56 Å². The summed E-state index contributed by atoms with van der Waals surface area (Å²) in [6.45, 7) is 7.27. The molecule has 1 aromatic carbocycles. The van der Waals surface area contributed by atoms with Crippen molar-refractivity contribution in [1.29, 1.82) is 0 Å². The molecule has 30 heavy (non-hydrogen) atoms. The van der Waals surface area contributed by atoms with Gasteiger partial charge in [0.1, 0.15) is 4.83 Å². The van der Waals surface area contributed by atoms with E-state index in [4.69, 9.17) is 4.74 Å². The van der Waals surface area contributed by atoms with Crippen LogP contribution in [0.2, 0.25) is 0 Å². The minimum Gasteiger partial charge on any atom is -0.381 e. The zero-order valence-electron chi connectivity index (χ0n) is 17.5. The topological polar surface area (TPSA) is 64.4 Å². The number of hydrogen-bond acceptors (Lipinski definition) is 5. The number of hydrogen-bond donors (Lipinski definition) is 0. The molecule has 1 aliphatic rings. The number of aryl methyl sites for hydroxylation is 2. The van der Waals surface area contributed by atoms with Gasteiger partial charge < -0.3 is 9.64 Å². The van der Waals surface area contributed by atoms with Crippen LogP contribution < -0.4 is 5.56 Å². The Labute approximate surface area is 180 Å². The second-order valence-corrected chi connectivity index (χ2v) is 8.71. The number of carbonyl (C=O) groups is 1. The van der Waals surface area contributed by atoms with E-state index in [-0.39, 0.29) is 11.5 Å². The Morgan fingerprint density at radius 2 is 2.13 bits per heavy atom. The van der Waals surface area contributed by atoms with Gasteiger partial charge in [-0.25, -0.2) is 4.98 Å². The molecule has 1 amide bonds. The van der Waals surface area contributed by atoms with Crippen molar-refractivity contribution < 1.29 is 9.53 Å². The van der Waals surface area contributed by atoms with Crippen LogP contribution in [0.1, 0.15) is 25.3 Å². The molecule has 1 unspecified atom stereocenters. The Bertz CT molecular complexity index is 1080. The summed E-state index contributed by atoms with van der Waals surface area (Å²) in [6, 6.07) is 8.15. The van der Waals surface area contributed by atoms with E-state index >= 15 is 0 Å². The highest BCUT2D eigenvalue weighted by molar-refractivity contribution is 7.17. The van der Waals surface area contributed by atoms with Crippen LogP contribution in [0.4, 0.5) is 0 Å². The Hall–Kier alpha value is -2.51. The van der Waals surface area contributed by atoms with Crippen LogP contribution >= 0.6 is 11.3 Å². The van der Waals surface area contributed by atoms with Gasteiger partial charge in [0, 0.05) is 49.5 Å². The first-order chi connectivity index (χ1) is 14.6. The maximum Gasteiger partial charge on any atom is 0.262 e. The summed E-state index contributed by atoms with van der Waals surface area (Å²) >= 11 is 1.48. The Morgan fingerprint density at radius 3 is 2.83 bits per heavy atom. The van der Waals surface area contributed by atoms with Crippen molar-refractivity contribution in [2.45, 2.75) is 33.2 Å². The van der Waals surface area contributed by atoms with E-state index in [1.807, 2.05) is 48.4 Å². The molecule has 7 heteroatoms. The van der Waals surface area contributed by atoms with Crippen molar-refractivity contribution >= 4 is 27.5 Å². The molecule has 0 saturated carbocycles. The summed E-state index contributed by atoms with van der Waals surface area (Å²) in [5, 5.41) is 2.62. The molecule has 1 atom stereocenters. The number of carbonyl (C=O) groups excluding carboxylic acids is 1. The van der Waals surface area contributed by atoms with E-state index in [0.717, 1.165) is 42.1 Å². The van der Waals surface area contributed by atoms with E-state index in [9.17, 15) is 9.59 Å². The predicted molar refractivity (Wildman–Crippen MR) is 120 cm³/mol. The molecule has 1 saturated heterocycles. The molecule has 2 aromatic heterocycles. The number of rotatable bonds is 7. The van der Waals surface area contributed by atoms with Gasteiger partial charge in [0.05, 0.1) is 18.3 Å². The second kappa shape index (κ2) is 9.10. The van der Waals surface area contributed by atoms with Crippen LogP contribution in [0, 0.1) is 12.8 Å². The molecule has 0 spiro atoms. The van der Waals surface area contributed by atoms with Crippen molar-refractivity contribution in [2.75, 3.05) is 26.3 Å². The van der Waals surface area contributed by atoms with E-state index < -0.39 is 0 Å². The Balaban J connectivity index is 1.52. The molecule has 1 fully saturated rings. The predicted octanol–water partition coefficient (Wildman–Crippen LogP) is 3.71. The molecule has 3 aromatic rings. The van der Waals surface area contributed by atoms with Gasteiger partial charge >= 0.3 is 0 Å². The third-order valence-corrected chi connectivity index (χ3v) is 6.61. The fraction of sp³-hybridized carbons (Fsp3) is 0.435. The van der Waals surface area contributed by atoms with Gasteiger partial charge in [-0.05, 0) is 25.8 Å². The highest BCUT2D eigenvalue weighted by Crippen LogP contribution is 2.30. The smallest absolute Gasteiger partial charge is 0.262 e. The van der Waals surface area contributed by atoms with E-state index in [1.54, 1.807) is 10.9 Å². The van der Waals surface area contributed by atoms with E-state index in [0.29, 0.717) is 30.8 Å². The molecule has 6 nitrogen and oxygen atoms in total. The summed E-state index contributed by atoms with van der Waals surface area (Å²) in [6.07, 6.45) is 2.86. The molecule has 0 N–H and O–H groups in total. The number of fused-ring (bicyclic) bond motifs is 1. The fourth-order valence-corrected chi connectivity index (χ4v) is 4.80. The van der Waals surface area contributed by atoms with E-state index in [2.05, 4.69) is 4.98 Å². The van der Waals surface area contributed by atoms with Gasteiger partial charge in [-0.3, -0.25) is 14.2 Å². The number of benzene rings is 1. The minimum absolute atomic E-state index is 0.0699. The molecule has 1 aliphatic heterocycles. The van der Waals surface area contributed by atoms with Gasteiger partial charge in [-0.15, -0.1) is 11.3 Å². The summed E-state index contributed by atoms with van der Waals surface area (Å²) in [4.78, 5) is 33.0. The maximum absolute atomic E-state index is 13.2. The number of ether oxygens (including phenoxy) is 1. The van der Waals surface area contributed by atoms with Crippen molar-refractivity contribution in [3.8, 4) is 11.1 Å². The lowest BCUT2D eigenvalue weighted by molar-refractivity contribution is -0.131. The summed E-state index contributed by atoms with van der Waals surface area (Å²) in [5.41, 5.74) is 3.01. The maximum atomic E-state index is 13.2. The van der Waals surface area contributed by atoms with Gasteiger partial charge in [-0.2, -0.15) is 0 Å². The van der Waals surface area contributed by atoms with Crippen LogP contribution in [-0.2, 0) is 16.1 Å². The lowest BCUT2D eigenvalue weighted by atomic mass is 10.1. The first kappa shape index (κ1) is 20.8. The molecule has 0 bridgehead atoms. The SMILES string of the molecule is CCN(CC1CCOC1)C(=O)CCn1cnc2scc(-c3ccc(C)cc3)c2c1=O. The molecular formula is C23H27N3O3S. The molecule has 0 aliphatic carbocycles. The number of nitrogens with zero attached hydrogens (tertiary/aromatic N) is 3. The third-order valence-electron chi connectivity index (χ3n) is 5.73. The van der Waals surface area contributed by atoms with Crippen molar-refractivity contribution in [2.24, 2.45) is 5.92 Å². The molecule has 3 heterocycles. The summed E-state index contributed by atoms with van der Waals surface area (Å²) < 4.78 is 6.99. The fourth-order valence-electron chi connectivity index (χ4n) is 3.89. The molecule has 4 rings (SSSR count). The summed E-state index contributed by atoms with van der Waals surface area (Å²) in [5.74, 6) is 0.484. The van der Waals surface area contributed by atoms with Crippen LogP contribution in [0.3, 0.4) is 0 Å². The lowest BCUT2D eigenvalue weighted by Gasteiger charge is -2.24. The monoisotopic (exact) mass is 425 g/mol. The zero-order chi connectivity index (χ0) is 21.1. The zero-order valence-corrected chi connectivity index (χ0v) is 18.3. The Kier molecular flexibility index (Phi) is 6.29. The highest BCUT2D eigenvalue weighted by Gasteiger charge is 2.21. The standard InChI is InChI=1S/C23H27N3O3S/c1-3-25(12-17-9-11-29-13-17)20(27)8-10-26-15-24-22-21(23(26)28)19(14-30-22)18-6-4-16(2)5-7-18/h4-7,14-15,17H,3,8-13H2,1-2H3. The number of aromatic nitrogens is 2. The minimum atomic E-state index is -0.0862. The summed E-state index contributed by atoms with van der Waals surface area (Å²) in [7, 11) is 0. The van der Waals surface area contributed by atoms with Crippen LogP contribution in [0.5, 0.6) is 0 Å². The lowest BCUT2D eigenvalue weighted by Crippen LogP contribution is -2.36. The third kappa shape index (κ3) is 4.32. The van der Waals surface area contributed by atoms with Crippen molar-refractivity contribution in [1.82, 2.24) is 14.5 Å². The van der Waals surface area contributed by atoms with Gasteiger partial charge in [-0.1, -0.05) is 29.8 Å². The van der Waals surface area contributed by atoms with Crippen molar-refractivity contribution in [3.05, 3.63) is 51.9 Å². The number of amides is 1. The second-order valence-electron chi connectivity index (χ2n) is 7.85. The number of thiophene rings is 1. The van der Waals surface area contributed by atoms with Crippen LogP contribution in [0.15, 0.2) is 40.8 Å². The highest BCUT2D eigenvalue weighted by atomic mass is 32.1. The quantitative estimate of drug-likeness (QED) is 0.579. The molecule has 158 valence electrons. The van der Waals surface area contributed by atoms with Gasteiger partial charge in [0.2, 0.25) is 5.91 Å². The van der Waals surface area contributed by atoms with Crippen molar-refractivity contribution in [3.63, 3.8) is 0 Å². The van der Waals surface area contributed by atoms with Gasteiger partial charge in [0.15, 0.2) is 0 Å². The van der Waals surface area contributed by atoms with Crippen LogP contribution in [-0.4, -0.2) is 46.7 Å². The van der Waals surface area contributed by atoms with E-state index in [1.165, 1.54) is 16.9 Å². The Morgan fingerprint density at radius 1 is 1.33 bits per heavy atom. The normalized spacial score (nSPS) is 16.3. The average Bonchev–Trinajstić information content (AvgIpc) is 3.42. The first-order valence-electron chi connectivity index (χ1n) is 10.5. The molecular weight excluding hydrogens is 398 g/mol.